The summed E-state index contributed by atoms with van der Waals surface area (Å²) in [5.41, 5.74) is 6.19. The molecule has 9 heteroatoms. The Morgan fingerprint density at radius 1 is 0.875 bits per heavy atom. The summed E-state index contributed by atoms with van der Waals surface area (Å²) in [5, 5.41) is 16.7. The Balaban J connectivity index is 1.18. The van der Waals surface area contributed by atoms with Gasteiger partial charge in [-0.2, -0.15) is 5.10 Å². The number of fused-ring (bicyclic) bond motifs is 1. The number of aromatic nitrogens is 4. The number of nitrogens with one attached hydrogen (secondary N) is 4. The third kappa shape index (κ3) is 5.39. The van der Waals surface area contributed by atoms with Crippen LogP contribution in [0, 0.1) is 6.92 Å². The van der Waals surface area contributed by atoms with Crippen molar-refractivity contribution in [1.29, 1.82) is 0 Å². The summed E-state index contributed by atoms with van der Waals surface area (Å²) < 4.78 is 6.29. The van der Waals surface area contributed by atoms with Gasteiger partial charge in [-0.1, -0.05) is 72.8 Å². The molecule has 198 valence electrons. The lowest BCUT2D eigenvalue weighted by Gasteiger charge is -2.10. The number of furan rings is 1. The van der Waals surface area contributed by atoms with Crippen molar-refractivity contribution in [3.05, 3.63) is 109 Å². The number of carbonyl (C=O) groups excluding carboxylic acids is 1. The molecule has 3 heterocycles. The molecule has 0 bridgehead atoms. The molecule has 0 radical (unpaired) electrons. The monoisotopic (exact) mass is 529 g/mol. The Kier molecular flexibility index (Phi) is 6.92. The largest absolute Gasteiger partial charge is 0.437 e. The average molecular weight is 530 g/mol. The first-order chi connectivity index (χ1) is 19.6. The van der Waals surface area contributed by atoms with Crippen molar-refractivity contribution in [2.75, 3.05) is 22.5 Å². The number of H-pyrrole nitrogens is 1. The van der Waals surface area contributed by atoms with Crippen LogP contribution in [0.5, 0.6) is 0 Å². The number of rotatable bonds is 8. The molecule has 0 atom stereocenters. The van der Waals surface area contributed by atoms with Crippen molar-refractivity contribution in [3.8, 4) is 22.5 Å². The molecule has 0 saturated carbocycles. The molecule has 6 rings (SSSR count). The van der Waals surface area contributed by atoms with Gasteiger partial charge in [0.2, 0.25) is 5.71 Å². The van der Waals surface area contributed by atoms with Crippen LogP contribution in [0.25, 0.3) is 33.6 Å². The Labute approximate surface area is 230 Å². The van der Waals surface area contributed by atoms with Gasteiger partial charge in [0.25, 0.3) is 0 Å². The highest BCUT2D eigenvalue weighted by Crippen LogP contribution is 2.42. The highest BCUT2D eigenvalue weighted by molar-refractivity contribution is 6.05. The molecule has 0 unspecified atom stereocenters. The van der Waals surface area contributed by atoms with E-state index >= 15 is 0 Å². The molecule has 2 amide bonds. The second kappa shape index (κ2) is 11.1. The molecule has 3 aromatic heterocycles. The van der Waals surface area contributed by atoms with E-state index in [1.165, 1.54) is 6.33 Å². The van der Waals surface area contributed by atoms with Gasteiger partial charge in [-0.25, -0.2) is 14.8 Å². The number of hydrogen-bond acceptors (Lipinski definition) is 6. The van der Waals surface area contributed by atoms with Crippen LogP contribution in [0.1, 0.15) is 11.3 Å². The molecule has 0 aliphatic heterocycles. The van der Waals surface area contributed by atoms with Crippen molar-refractivity contribution >= 4 is 34.5 Å². The van der Waals surface area contributed by atoms with Gasteiger partial charge >= 0.3 is 6.03 Å². The Morgan fingerprint density at radius 2 is 1.60 bits per heavy atom. The van der Waals surface area contributed by atoms with Crippen LogP contribution in [-0.2, 0) is 6.42 Å². The van der Waals surface area contributed by atoms with Crippen LogP contribution in [0.4, 0.5) is 22.1 Å². The summed E-state index contributed by atoms with van der Waals surface area (Å²) in [6.45, 7) is 2.52. The fraction of sp³-hybridized carbons (Fsp3) is 0.0968. The van der Waals surface area contributed by atoms with Gasteiger partial charge in [-0.05, 0) is 36.6 Å². The molecule has 9 nitrogen and oxygen atoms in total. The molecule has 0 aliphatic carbocycles. The van der Waals surface area contributed by atoms with Gasteiger partial charge < -0.3 is 15.1 Å². The number of aromatic amines is 1. The van der Waals surface area contributed by atoms with Crippen LogP contribution < -0.4 is 16.0 Å². The third-order valence-electron chi connectivity index (χ3n) is 6.45. The second-order valence-electron chi connectivity index (χ2n) is 9.33. The zero-order chi connectivity index (χ0) is 27.3. The topological polar surface area (TPSA) is 121 Å². The number of amides is 2. The van der Waals surface area contributed by atoms with Crippen LogP contribution in [0.15, 0.2) is 102 Å². The molecular weight excluding hydrogens is 502 g/mol. The molecule has 0 spiro atoms. The van der Waals surface area contributed by atoms with Gasteiger partial charge in [-0.15, -0.1) is 0 Å². The molecule has 0 saturated heterocycles. The predicted octanol–water partition coefficient (Wildman–Crippen LogP) is 6.89. The maximum Gasteiger partial charge on any atom is 0.324 e. The van der Waals surface area contributed by atoms with Crippen molar-refractivity contribution in [1.82, 2.24) is 20.2 Å². The summed E-state index contributed by atoms with van der Waals surface area (Å²) in [4.78, 5) is 21.2. The van der Waals surface area contributed by atoms with Crippen molar-refractivity contribution in [3.63, 3.8) is 0 Å². The zero-order valence-electron chi connectivity index (χ0n) is 21.8. The van der Waals surface area contributed by atoms with E-state index in [0.29, 0.717) is 23.8 Å². The van der Waals surface area contributed by atoms with Crippen LogP contribution >= 0.6 is 0 Å². The minimum absolute atomic E-state index is 0.349. The first kappa shape index (κ1) is 24.9. The molecule has 0 fully saturated rings. The summed E-state index contributed by atoms with van der Waals surface area (Å²) in [6.07, 6.45) is 2.28. The quantitative estimate of drug-likeness (QED) is 0.170. The van der Waals surface area contributed by atoms with Crippen molar-refractivity contribution in [2.45, 2.75) is 13.3 Å². The zero-order valence-corrected chi connectivity index (χ0v) is 21.8. The Hall–Kier alpha value is -5.44. The maximum absolute atomic E-state index is 12.2. The van der Waals surface area contributed by atoms with E-state index < -0.39 is 0 Å². The summed E-state index contributed by atoms with van der Waals surface area (Å²) in [6, 6.07) is 29.4. The number of benzene rings is 3. The number of urea groups is 1. The van der Waals surface area contributed by atoms with E-state index in [2.05, 4.69) is 48.2 Å². The molecule has 0 aliphatic rings. The molecule has 6 aromatic rings. The van der Waals surface area contributed by atoms with Gasteiger partial charge in [0.15, 0.2) is 5.82 Å². The number of anilines is 3. The minimum atomic E-state index is -0.349. The molecular formula is C31H27N7O2. The normalized spacial score (nSPS) is 10.9. The Bertz CT molecular complexity index is 1740. The summed E-state index contributed by atoms with van der Waals surface area (Å²) in [7, 11) is 0. The van der Waals surface area contributed by atoms with Crippen molar-refractivity contribution in [2.24, 2.45) is 0 Å². The smallest absolute Gasteiger partial charge is 0.324 e. The molecule has 40 heavy (non-hydrogen) atoms. The number of nitrogens with zero attached hydrogens (tertiary/aromatic N) is 3. The highest BCUT2D eigenvalue weighted by Gasteiger charge is 2.21. The standard InChI is InChI=1S/C31H27N7O2/c1-20-18-25(38-37-20)36-31(39)35-24-14-12-21(13-15-24)16-17-32-29-27-26(22-8-4-2-5-9-22)28(23-10-6-3-7-11-23)40-30(27)34-19-33-29/h2-15,18-19H,16-17H2,1H3,(H,32,33,34)(H3,35,36,37,38,39). The van der Waals surface area contributed by atoms with Crippen molar-refractivity contribution < 1.29 is 9.21 Å². The lowest BCUT2D eigenvalue weighted by atomic mass is 9.99. The van der Waals surface area contributed by atoms with E-state index in [9.17, 15) is 4.79 Å². The first-order valence-electron chi connectivity index (χ1n) is 13.0. The van der Waals surface area contributed by atoms with E-state index in [4.69, 9.17) is 4.42 Å². The van der Waals surface area contributed by atoms with E-state index in [1.807, 2.05) is 79.7 Å². The number of carbonyl (C=O) groups is 1. The van der Waals surface area contributed by atoms with Gasteiger partial charge in [0, 0.05) is 35.1 Å². The maximum atomic E-state index is 12.2. The average Bonchev–Trinajstić information content (AvgIpc) is 3.58. The SMILES string of the molecule is Cc1cc(NC(=O)Nc2ccc(CCNc3ncnc4oc(-c5ccccc5)c(-c5ccccc5)c34)cc2)n[nH]1. The minimum Gasteiger partial charge on any atom is -0.437 e. The first-order valence-corrected chi connectivity index (χ1v) is 13.0. The molecule has 4 N–H and O–H groups in total. The predicted molar refractivity (Wildman–Crippen MR) is 157 cm³/mol. The van der Waals surface area contributed by atoms with Crippen LogP contribution in [0.3, 0.4) is 0 Å². The van der Waals surface area contributed by atoms with Gasteiger partial charge in [-0.3, -0.25) is 10.4 Å². The summed E-state index contributed by atoms with van der Waals surface area (Å²) >= 11 is 0. The van der Waals surface area contributed by atoms with E-state index in [0.717, 1.165) is 51.3 Å². The fourth-order valence-electron chi connectivity index (χ4n) is 4.58. The van der Waals surface area contributed by atoms with Gasteiger partial charge in [0.1, 0.15) is 17.9 Å². The van der Waals surface area contributed by atoms with E-state index in [-0.39, 0.29) is 6.03 Å². The van der Waals surface area contributed by atoms with Gasteiger partial charge in [0.05, 0.1) is 5.39 Å². The van der Waals surface area contributed by atoms with Crippen LogP contribution in [0.2, 0.25) is 0 Å². The fourth-order valence-corrected chi connectivity index (χ4v) is 4.58. The third-order valence-corrected chi connectivity index (χ3v) is 6.45. The Morgan fingerprint density at radius 3 is 2.30 bits per heavy atom. The number of hydrogen-bond donors (Lipinski definition) is 4. The lowest BCUT2D eigenvalue weighted by molar-refractivity contribution is 0.262. The molecule has 3 aromatic carbocycles. The van der Waals surface area contributed by atoms with E-state index in [1.54, 1.807) is 6.07 Å². The second-order valence-corrected chi connectivity index (χ2v) is 9.33. The summed E-state index contributed by atoms with van der Waals surface area (Å²) in [5.74, 6) is 1.96. The number of aryl methyl sites for hydroxylation is 1. The van der Waals surface area contributed by atoms with Crippen LogP contribution in [-0.4, -0.2) is 32.7 Å². The lowest BCUT2D eigenvalue weighted by Crippen LogP contribution is -2.19. The highest BCUT2D eigenvalue weighted by atomic mass is 16.3.